The van der Waals surface area contributed by atoms with Gasteiger partial charge >= 0.3 is 6.61 Å². The van der Waals surface area contributed by atoms with Crippen LogP contribution in [0.25, 0.3) is 5.65 Å². The summed E-state index contributed by atoms with van der Waals surface area (Å²) in [6, 6.07) is 4.29. The molecule has 0 aliphatic heterocycles. The number of imidazole rings is 1. The van der Waals surface area contributed by atoms with Gasteiger partial charge in [0.2, 0.25) is 5.88 Å². The Kier molecular flexibility index (Phi) is 4.73. The smallest absolute Gasteiger partial charge is 0.388 e. The van der Waals surface area contributed by atoms with Gasteiger partial charge in [-0.3, -0.25) is 9.12 Å². The van der Waals surface area contributed by atoms with E-state index in [0.29, 0.717) is 17.6 Å². The highest BCUT2D eigenvalue weighted by molar-refractivity contribution is 7.92. The maximum absolute atomic E-state index is 14.0. The van der Waals surface area contributed by atoms with E-state index in [1.807, 2.05) is 12.1 Å². The summed E-state index contributed by atoms with van der Waals surface area (Å²) < 4.78 is 76.6. The van der Waals surface area contributed by atoms with Crippen LogP contribution in [0.15, 0.2) is 35.6 Å². The average molecular weight is 430 g/mol. The Morgan fingerprint density at radius 1 is 1.31 bits per heavy atom. The lowest BCUT2D eigenvalue weighted by atomic mass is 10.2. The van der Waals surface area contributed by atoms with E-state index in [1.165, 1.54) is 10.6 Å². The van der Waals surface area contributed by atoms with Gasteiger partial charge in [-0.2, -0.15) is 22.2 Å². The zero-order valence-electron chi connectivity index (χ0n) is 15.0. The van der Waals surface area contributed by atoms with E-state index < -0.39 is 34.2 Å². The number of pyridine rings is 2. The third-order valence-corrected chi connectivity index (χ3v) is 5.72. The van der Waals surface area contributed by atoms with Gasteiger partial charge in [0, 0.05) is 13.7 Å². The molecule has 0 saturated heterocycles. The van der Waals surface area contributed by atoms with Gasteiger partial charge in [-0.25, -0.2) is 9.37 Å². The molecule has 0 bridgehead atoms. The lowest BCUT2D eigenvalue weighted by Crippen LogP contribution is -2.17. The van der Waals surface area contributed by atoms with Crippen LogP contribution in [-0.2, 0) is 10.0 Å². The molecule has 0 radical (unpaired) electrons. The highest BCUT2D eigenvalue weighted by Crippen LogP contribution is 2.40. The molecular weight excluding hydrogens is 413 g/mol. The zero-order chi connectivity index (χ0) is 20.8. The van der Waals surface area contributed by atoms with Gasteiger partial charge in [-0.05, 0) is 36.5 Å². The van der Waals surface area contributed by atoms with Crippen LogP contribution in [-0.4, -0.2) is 36.5 Å². The van der Waals surface area contributed by atoms with Crippen LogP contribution in [0.3, 0.4) is 0 Å². The number of hydrogen-bond acceptors (Lipinski definition) is 6. The van der Waals surface area contributed by atoms with Gasteiger partial charge < -0.3 is 9.47 Å². The van der Waals surface area contributed by atoms with Crippen molar-refractivity contribution in [3.8, 4) is 11.8 Å². The zero-order valence-corrected chi connectivity index (χ0v) is 15.8. The standard InChI is InChI=1S/C17H15F3N4O4S.H2/c1-27-16-12(7-11(18)15(22-16)28-17(19)20)23-29(25,26)14-8-21-13-6-10(9-2-3-9)4-5-24(13)14;/h4-9,17,23H,2-3H2,1H3;1H. The second kappa shape index (κ2) is 7.10. The summed E-state index contributed by atoms with van der Waals surface area (Å²) in [6.07, 6.45) is 4.94. The van der Waals surface area contributed by atoms with Crippen LogP contribution in [0.1, 0.15) is 25.7 Å². The van der Waals surface area contributed by atoms with Crippen molar-refractivity contribution >= 4 is 21.4 Å². The van der Waals surface area contributed by atoms with Crippen LogP contribution in [0.4, 0.5) is 18.9 Å². The molecule has 0 unspecified atom stereocenters. The predicted octanol–water partition coefficient (Wildman–Crippen LogP) is 3.40. The van der Waals surface area contributed by atoms with Crippen molar-refractivity contribution in [1.82, 2.24) is 14.4 Å². The van der Waals surface area contributed by atoms with Crippen molar-refractivity contribution in [1.29, 1.82) is 0 Å². The van der Waals surface area contributed by atoms with Gasteiger partial charge in [0.25, 0.3) is 15.9 Å². The third kappa shape index (κ3) is 3.79. The molecule has 0 atom stereocenters. The maximum atomic E-state index is 14.0. The molecule has 1 N–H and O–H groups in total. The Morgan fingerprint density at radius 3 is 2.72 bits per heavy atom. The second-order valence-corrected chi connectivity index (χ2v) is 8.00. The van der Waals surface area contributed by atoms with Crippen molar-refractivity contribution in [2.45, 2.75) is 30.4 Å². The summed E-state index contributed by atoms with van der Waals surface area (Å²) in [7, 11) is -3.10. The first-order chi connectivity index (χ1) is 13.8. The monoisotopic (exact) mass is 430 g/mol. The number of anilines is 1. The molecule has 29 heavy (non-hydrogen) atoms. The fourth-order valence-electron chi connectivity index (χ4n) is 2.89. The van der Waals surface area contributed by atoms with Crippen molar-refractivity contribution in [3.63, 3.8) is 0 Å². The van der Waals surface area contributed by atoms with Gasteiger partial charge in [0.1, 0.15) is 11.3 Å². The van der Waals surface area contributed by atoms with Crippen LogP contribution in [0.5, 0.6) is 11.8 Å². The molecule has 1 aliphatic rings. The summed E-state index contributed by atoms with van der Waals surface area (Å²) in [5, 5.41) is -0.190. The van der Waals surface area contributed by atoms with Crippen LogP contribution >= 0.6 is 0 Å². The normalized spacial score (nSPS) is 14.4. The lowest BCUT2D eigenvalue weighted by molar-refractivity contribution is -0.0555. The van der Waals surface area contributed by atoms with Crippen molar-refractivity contribution in [2.75, 3.05) is 11.8 Å². The minimum atomic E-state index is -4.22. The Bertz CT molecular complexity index is 1190. The SMILES string of the molecule is COc1nc(OC(F)F)c(F)cc1NS(=O)(=O)c1cnc2cc(C3CC3)ccn12.[HH]. The molecule has 0 aromatic carbocycles. The number of ether oxygens (including phenoxy) is 2. The van der Waals surface area contributed by atoms with Crippen LogP contribution in [0, 0.1) is 5.82 Å². The minimum Gasteiger partial charge on any atom is -0.479 e. The molecule has 4 rings (SSSR count). The fraction of sp³-hybridized carbons (Fsp3) is 0.294. The second-order valence-electron chi connectivity index (χ2n) is 6.38. The largest absolute Gasteiger partial charge is 0.479 e. The maximum Gasteiger partial charge on any atom is 0.388 e. The van der Waals surface area contributed by atoms with Crippen molar-refractivity contribution in [3.05, 3.63) is 42.0 Å². The summed E-state index contributed by atoms with van der Waals surface area (Å²) in [6.45, 7) is -3.30. The van der Waals surface area contributed by atoms with Crippen LogP contribution < -0.4 is 14.2 Å². The van der Waals surface area contributed by atoms with E-state index in [-0.39, 0.29) is 12.1 Å². The molecule has 3 heterocycles. The Hall–Kier alpha value is -3.02. The molecule has 8 nitrogen and oxygen atoms in total. The summed E-state index contributed by atoms with van der Waals surface area (Å²) >= 11 is 0. The number of fused-ring (bicyclic) bond motifs is 1. The number of halogens is 3. The molecule has 0 spiro atoms. The van der Waals surface area contributed by atoms with E-state index in [1.54, 1.807) is 6.20 Å². The van der Waals surface area contributed by atoms with E-state index in [9.17, 15) is 21.6 Å². The number of nitrogens with one attached hydrogen (secondary N) is 1. The van der Waals surface area contributed by atoms with Crippen molar-refractivity contribution in [2.24, 2.45) is 0 Å². The first-order valence-corrected chi connectivity index (χ1v) is 9.96. The topological polar surface area (TPSA) is 94.8 Å². The summed E-state index contributed by atoms with van der Waals surface area (Å²) in [5.41, 5.74) is 1.16. The van der Waals surface area contributed by atoms with E-state index in [0.717, 1.165) is 25.5 Å². The molecule has 1 aliphatic carbocycles. The van der Waals surface area contributed by atoms with E-state index in [2.05, 4.69) is 19.4 Å². The highest BCUT2D eigenvalue weighted by atomic mass is 32.2. The molecular formula is C17H17F3N4O4S. The molecule has 3 aromatic heterocycles. The Labute approximate surface area is 164 Å². The van der Waals surface area contributed by atoms with Crippen LogP contribution in [0.2, 0.25) is 0 Å². The molecule has 12 heteroatoms. The number of hydrogen-bond donors (Lipinski definition) is 1. The molecule has 1 saturated carbocycles. The highest BCUT2D eigenvalue weighted by Gasteiger charge is 2.26. The Morgan fingerprint density at radius 2 is 2.07 bits per heavy atom. The Balaban J connectivity index is 0.00000256. The molecule has 3 aromatic rings. The first-order valence-electron chi connectivity index (χ1n) is 8.47. The summed E-state index contributed by atoms with van der Waals surface area (Å²) in [4.78, 5) is 7.57. The number of sulfonamides is 1. The number of methoxy groups -OCH3 is 1. The molecule has 1 fully saturated rings. The average Bonchev–Trinajstić information content (AvgIpc) is 3.41. The van der Waals surface area contributed by atoms with Gasteiger partial charge in [-0.1, -0.05) is 0 Å². The van der Waals surface area contributed by atoms with Crippen molar-refractivity contribution < 1.29 is 32.5 Å². The molecule has 156 valence electrons. The quantitative estimate of drug-likeness (QED) is 0.617. The third-order valence-electron chi connectivity index (χ3n) is 4.37. The number of rotatable bonds is 7. The van der Waals surface area contributed by atoms with E-state index >= 15 is 0 Å². The minimum absolute atomic E-state index is 0. The number of alkyl halides is 2. The van der Waals surface area contributed by atoms with Gasteiger partial charge in [0.15, 0.2) is 10.8 Å². The van der Waals surface area contributed by atoms with Gasteiger partial charge in [0.05, 0.1) is 13.3 Å². The lowest BCUT2D eigenvalue weighted by Gasteiger charge is -2.13. The fourth-order valence-corrected chi connectivity index (χ4v) is 4.04. The first kappa shape index (κ1) is 19.3. The molecule has 0 amide bonds. The summed E-state index contributed by atoms with van der Waals surface area (Å²) in [5.74, 6) is -2.25. The number of nitrogens with zero attached hydrogens (tertiary/aromatic N) is 3. The van der Waals surface area contributed by atoms with E-state index in [4.69, 9.17) is 4.74 Å². The van der Waals surface area contributed by atoms with Gasteiger partial charge in [-0.15, -0.1) is 0 Å². The predicted molar refractivity (Wildman–Crippen MR) is 97.5 cm³/mol. The number of aromatic nitrogens is 3.